The van der Waals surface area contributed by atoms with Gasteiger partial charge in [0.25, 0.3) is 0 Å². The number of halogens is 1. The standard InChI is InChI=1S/C10H13ClO3/c1-13-7-5-9(11)8(3-4-12)10(6-7)14-2/h5-6,12H,3-4H2,1-2H3. The Labute approximate surface area is 88.2 Å². The van der Waals surface area contributed by atoms with Gasteiger partial charge in [0, 0.05) is 24.7 Å². The molecule has 0 amide bonds. The molecule has 0 saturated carbocycles. The normalized spacial score (nSPS) is 10.0. The van der Waals surface area contributed by atoms with E-state index in [0.29, 0.717) is 22.9 Å². The molecule has 0 heterocycles. The lowest BCUT2D eigenvalue weighted by Gasteiger charge is -2.11. The molecule has 1 aromatic rings. The van der Waals surface area contributed by atoms with Crippen LogP contribution in [0.15, 0.2) is 12.1 Å². The van der Waals surface area contributed by atoms with E-state index in [1.165, 1.54) is 0 Å². The third kappa shape index (κ3) is 2.30. The molecule has 0 saturated heterocycles. The third-order valence-electron chi connectivity index (χ3n) is 1.95. The molecular weight excluding hydrogens is 204 g/mol. The highest BCUT2D eigenvalue weighted by atomic mass is 35.5. The van der Waals surface area contributed by atoms with E-state index in [4.69, 9.17) is 26.2 Å². The summed E-state index contributed by atoms with van der Waals surface area (Å²) in [4.78, 5) is 0. The van der Waals surface area contributed by atoms with Crippen molar-refractivity contribution in [2.24, 2.45) is 0 Å². The van der Waals surface area contributed by atoms with Crippen LogP contribution in [0.25, 0.3) is 0 Å². The number of rotatable bonds is 4. The van der Waals surface area contributed by atoms with Crippen LogP contribution in [0, 0.1) is 0 Å². The van der Waals surface area contributed by atoms with Gasteiger partial charge in [0.15, 0.2) is 0 Å². The first kappa shape index (κ1) is 11.1. The highest BCUT2D eigenvalue weighted by Crippen LogP contribution is 2.32. The highest BCUT2D eigenvalue weighted by Gasteiger charge is 2.09. The summed E-state index contributed by atoms with van der Waals surface area (Å²) in [6.45, 7) is 0.0441. The lowest BCUT2D eigenvalue weighted by molar-refractivity contribution is 0.296. The Hall–Kier alpha value is -0.930. The van der Waals surface area contributed by atoms with E-state index in [-0.39, 0.29) is 6.61 Å². The summed E-state index contributed by atoms with van der Waals surface area (Å²) in [5, 5.41) is 9.40. The fraction of sp³-hybridized carbons (Fsp3) is 0.400. The van der Waals surface area contributed by atoms with Crippen LogP contribution in [-0.4, -0.2) is 25.9 Å². The zero-order valence-corrected chi connectivity index (χ0v) is 8.97. The van der Waals surface area contributed by atoms with Gasteiger partial charge in [-0.2, -0.15) is 0 Å². The van der Waals surface area contributed by atoms with Crippen molar-refractivity contribution in [3.8, 4) is 11.5 Å². The van der Waals surface area contributed by atoms with Crippen LogP contribution in [0.3, 0.4) is 0 Å². The van der Waals surface area contributed by atoms with Gasteiger partial charge in [0.05, 0.1) is 19.2 Å². The van der Waals surface area contributed by atoms with Gasteiger partial charge >= 0.3 is 0 Å². The van der Waals surface area contributed by atoms with Gasteiger partial charge in [-0.05, 0) is 6.07 Å². The molecule has 0 aliphatic rings. The maximum Gasteiger partial charge on any atom is 0.127 e. The van der Waals surface area contributed by atoms with Gasteiger partial charge < -0.3 is 14.6 Å². The minimum absolute atomic E-state index is 0.0441. The van der Waals surface area contributed by atoms with Crippen LogP contribution in [0.5, 0.6) is 11.5 Å². The van der Waals surface area contributed by atoms with Gasteiger partial charge in [-0.15, -0.1) is 0 Å². The lowest BCUT2D eigenvalue weighted by atomic mass is 10.1. The molecule has 0 aromatic heterocycles. The van der Waals surface area contributed by atoms with E-state index in [2.05, 4.69) is 0 Å². The zero-order chi connectivity index (χ0) is 10.6. The summed E-state index contributed by atoms with van der Waals surface area (Å²) in [6.07, 6.45) is 0.478. The van der Waals surface area contributed by atoms with Gasteiger partial charge in [0.1, 0.15) is 11.5 Å². The molecule has 0 aliphatic heterocycles. The number of ether oxygens (including phenoxy) is 2. The molecule has 14 heavy (non-hydrogen) atoms. The molecule has 0 bridgehead atoms. The molecular formula is C10H13ClO3. The molecule has 0 spiro atoms. The van der Waals surface area contributed by atoms with Crippen LogP contribution < -0.4 is 9.47 Å². The van der Waals surface area contributed by atoms with Crippen molar-refractivity contribution in [1.29, 1.82) is 0 Å². The number of hydrogen-bond donors (Lipinski definition) is 1. The number of benzene rings is 1. The topological polar surface area (TPSA) is 38.7 Å². The minimum atomic E-state index is 0.0441. The molecule has 0 aliphatic carbocycles. The minimum Gasteiger partial charge on any atom is -0.497 e. The SMILES string of the molecule is COc1cc(Cl)c(CCO)c(OC)c1. The van der Waals surface area contributed by atoms with Crippen molar-refractivity contribution in [3.05, 3.63) is 22.7 Å². The predicted octanol–water partition coefficient (Wildman–Crippen LogP) is 1.89. The number of aliphatic hydroxyl groups is 1. The first-order valence-electron chi connectivity index (χ1n) is 4.24. The van der Waals surface area contributed by atoms with Crippen molar-refractivity contribution in [3.63, 3.8) is 0 Å². The van der Waals surface area contributed by atoms with Gasteiger partial charge in [-0.1, -0.05) is 11.6 Å². The molecule has 0 fully saturated rings. The summed E-state index contributed by atoms with van der Waals surface area (Å²) < 4.78 is 10.2. The van der Waals surface area contributed by atoms with Crippen molar-refractivity contribution < 1.29 is 14.6 Å². The maximum atomic E-state index is 8.85. The van der Waals surface area contributed by atoms with Crippen LogP contribution >= 0.6 is 11.6 Å². The number of aliphatic hydroxyl groups excluding tert-OH is 1. The molecule has 1 rings (SSSR count). The average molecular weight is 217 g/mol. The first-order valence-corrected chi connectivity index (χ1v) is 4.62. The third-order valence-corrected chi connectivity index (χ3v) is 2.28. The summed E-state index contributed by atoms with van der Waals surface area (Å²) in [6, 6.07) is 3.45. The van der Waals surface area contributed by atoms with Crippen molar-refractivity contribution >= 4 is 11.6 Å². The summed E-state index contributed by atoms with van der Waals surface area (Å²) in [7, 11) is 3.13. The Kier molecular flexibility index (Phi) is 4.04. The Morgan fingerprint density at radius 2 is 2.00 bits per heavy atom. The van der Waals surface area contributed by atoms with E-state index in [1.807, 2.05) is 0 Å². The second kappa shape index (κ2) is 5.08. The molecule has 0 unspecified atom stereocenters. The van der Waals surface area contributed by atoms with E-state index < -0.39 is 0 Å². The molecule has 1 aromatic carbocycles. The second-order valence-corrected chi connectivity index (χ2v) is 3.17. The Morgan fingerprint density at radius 1 is 1.29 bits per heavy atom. The molecule has 1 N–H and O–H groups in total. The Morgan fingerprint density at radius 3 is 2.50 bits per heavy atom. The average Bonchev–Trinajstić information content (AvgIpc) is 2.20. The molecule has 3 nitrogen and oxygen atoms in total. The van der Waals surface area contributed by atoms with Gasteiger partial charge in [-0.3, -0.25) is 0 Å². The van der Waals surface area contributed by atoms with E-state index in [1.54, 1.807) is 26.4 Å². The quantitative estimate of drug-likeness (QED) is 0.836. The smallest absolute Gasteiger partial charge is 0.127 e. The second-order valence-electron chi connectivity index (χ2n) is 2.76. The highest BCUT2D eigenvalue weighted by molar-refractivity contribution is 6.31. The van der Waals surface area contributed by atoms with Crippen LogP contribution in [0.4, 0.5) is 0 Å². The Balaban J connectivity index is 3.13. The first-order chi connectivity index (χ1) is 6.72. The number of hydrogen-bond acceptors (Lipinski definition) is 3. The lowest BCUT2D eigenvalue weighted by Crippen LogP contribution is -1.97. The van der Waals surface area contributed by atoms with E-state index >= 15 is 0 Å². The fourth-order valence-corrected chi connectivity index (χ4v) is 1.54. The van der Waals surface area contributed by atoms with Crippen molar-refractivity contribution in [1.82, 2.24) is 0 Å². The van der Waals surface area contributed by atoms with Gasteiger partial charge in [0.2, 0.25) is 0 Å². The molecule has 0 radical (unpaired) electrons. The molecule has 4 heteroatoms. The van der Waals surface area contributed by atoms with Crippen LogP contribution in [0.1, 0.15) is 5.56 Å². The van der Waals surface area contributed by atoms with Crippen molar-refractivity contribution in [2.45, 2.75) is 6.42 Å². The van der Waals surface area contributed by atoms with Crippen LogP contribution in [-0.2, 0) is 6.42 Å². The fourth-order valence-electron chi connectivity index (χ4n) is 1.24. The summed E-state index contributed by atoms with van der Waals surface area (Å²) >= 11 is 6.00. The number of methoxy groups -OCH3 is 2. The molecule has 78 valence electrons. The summed E-state index contributed by atoms with van der Waals surface area (Å²) in [5.41, 5.74) is 0.803. The van der Waals surface area contributed by atoms with Gasteiger partial charge in [-0.25, -0.2) is 0 Å². The summed E-state index contributed by atoms with van der Waals surface area (Å²) in [5.74, 6) is 1.29. The van der Waals surface area contributed by atoms with E-state index in [9.17, 15) is 0 Å². The largest absolute Gasteiger partial charge is 0.497 e. The van der Waals surface area contributed by atoms with Crippen molar-refractivity contribution in [2.75, 3.05) is 20.8 Å². The zero-order valence-electron chi connectivity index (χ0n) is 8.21. The van der Waals surface area contributed by atoms with E-state index in [0.717, 1.165) is 5.56 Å². The molecule has 0 atom stereocenters. The monoisotopic (exact) mass is 216 g/mol. The maximum absolute atomic E-state index is 8.85. The predicted molar refractivity (Wildman–Crippen MR) is 55.3 cm³/mol. The van der Waals surface area contributed by atoms with Crippen LogP contribution in [0.2, 0.25) is 5.02 Å². The Bertz CT molecular complexity index is 312.